The van der Waals surface area contributed by atoms with Crippen LogP contribution in [0.25, 0.3) is 0 Å². The van der Waals surface area contributed by atoms with Gasteiger partial charge in [0.05, 0.1) is 0 Å². The third-order valence-corrected chi connectivity index (χ3v) is 4.89. The van der Waals surface area contributed by atoms with Gasteiger partial charge < -0.3 is 5.73 Å². The van der Waals surface area contributed by atoms with Crippen LogP contribution in [0.1, 0.15) is 26.2 Å². The number of benzene rings is 1. The average molecular weight is 282 g/mol. The second-order valence-electron chi connectivity index (χ2n) is 5.21. The minimum Gasteiger partial charge on any atom is -0.329 e. The van der Waals surface area contributed by atoms with Crippen molar-refractivity contribution in [3.05, 3.63) is 30.1 Å². The van der Waals surface area contributed by atoms with Crippen LogP contribution in [-0.4, -0.2) is 35.8 Å². The lowest BCUT2D eigenvalue weighted by Gasteiger charge is -2.40. The van der Waals surface area contributed by atoms with E-state index in [1.165, 1.54) is 31.4 Å². The van der Waals surface area contributed by atoms with Crippen molar-refractivity contribution in [1.29, 1.82) is 0 Å². The van der Waals surface area contributed by atoms with Gasteiger partial charge in [-0.05, 0) is 44.0 Å². The number of halogens is 1. The van der Waals surface area contributed by atoms with E-state index in [2.05, 4.69) is 11.8 Å². The molecule has 1 aliphatic rings. The van der Waals surface area contributed by atoms with E-state index in [9.17, 15) is 4.39 Å². The highest BCUT2D eigenvalue weighted by atomic mass is 32.2. The van der Waals surface area contributed by atoms with E-state index in [1.807, 2.05) is 12.1 Å². The molecule has 0 aromatic heterocycles. The number of nitrogens with zero attached hydrogens (tertiary/aromatic N) is 1. The molecular weight excluding hydrogens is 259 g/mol. The van der Waals surface area contributed by atoms with Crippen molar-refractivity contribution in [3.8, 4) is 0 Å². The lowest BCUT2D eigenvalue weighted by atomic mass is 9.97. The number of thioether (sulfide) groups is 1. The van der Waals surface area contributed by atoms with E-state index in [1.54, 1.807) is 11.8 Å². The summed E-state index contributed by atoms with van der Waals surface area (Å²) >= 11 is 1.79. The second kappa shape index (κ2) is 7.27. The van der Waals surface area contributed by atoms with Crippen molar-refractivity contribution < 1.29 is 4.39 Å². The zero-order valence-electron chi connectivity index (χ0n) is 11.5. The number of hydrogen-bond donors (Lipinski definition) is 1. The first-order valence-electron chi connectivity index (χ1n) is 7.05. The maximum atomic E-state index is 12.8. The Morgan fingerprint density at radius 1 is 1.32 bits per heavy atom. The van der Waals surface area contributed by atoms with Gasteiger partial charge in [0, 0.05) is 35.8 Å². The molecule has 0 spiro atoms. The molecule has 2 unspecified atom stereocenters. The summed E-state index contributed by atoms with van der Waals surface area (Å²) in [6.45, 7) is 4.11. The number of nitrogens with two attached hydrogens (primary N) is 1. The van der Waals surface area contributed by atoms with Gasteiger partial charge >= 0.3 is 0 Å². The third-order valence-electron chi connectivity index (χ3n) is 3.90. The van der Waals surface area contributed by atoms with E-state index in [-0.39, 0.29) is 5.82 Å². The molecule has 2 rings (SSSR count). The predicted molar refractivity (Wildman–Crippen MR) is 80.0 cm³/mol. The molecule has 19 heavy (non-hydrogen) atoms. The predicted octanol–water partition coefficient (Wildman–Crippen LogP) is 3.12. The zero-order valence-corrected chi connectivity index (χ0v) is 12.3. The molecule has 1 saturated heterocycles. The monoisotopic (exact) mass is 282 g/mol. The van der Waals surface area contributed by atoms with Gasteiger partial charge in [-0.3, -0.25) is 4.90 Å². The molecule has 0 radical (unpaired) electrons. The van der Waals surface area contributed by atoms with Crippen LogP contribution in [0.2, 0.25) is 0 Å². The highest BCUT2D eigenvalue weighted by Gasteiger charge is 2.26. The van der Waals surface area contributed by atoms with Crippen LogP contribution < -0.4 is 5.73 Å². The summed E-state index contributed by atoms with van der Waals surface area (Å²) in [4.78, 5) is 3.68. The van der Waals surface area contributed by atoms with Crippen LogP contribution in [0.15, 0.2) is 29.2 Å². The zero-order chi connectivity index (χ0) is 13.7. The van der Waals surface area contributed by atoms with Crippen LogP contribution in [0.3, 0.4) is 0 Å². The molecule has 106 valence electrons. The Morgan fingerprint density at radius 3 is 2.74 bits per heavy atom. The van der Waals surface area contributed by atoms with Crippen molar-refractivity contribution in [1.82, 2.24) is 4.90 Å². The molecule has 4 heteroatoms. The molecule has 1 aromatic rings. The van der Waals surface area contributed by atoms with Crippen molar-refractivity contribution in [2.24, 2.45) is 5.73 Å². The molecule has 0 aliphatic carbocycles. The van der Waals surface area contributed by atoms with Crippen LogP contribution >= 0.6 is 11.8 Å². The summed E-state index contributed by atoms with van der Waals surface area (Å²) < 4.78 is 12.8. The molecule has 2 nitrogen and oxygen atoms in total. The largest absolute Gasteiger partial charge is 0.329 e. The topological polar surface area (TPSA) is 29.3 Å². The first kappa shape index (κ1) is 14.8. The summed E-state index contributed by atoms with van der Waals surface area (Å²) in [5.41, 5.74) is 5.87. The Hall–Kier alpha value is -0.580. The summed E-state index contributed by atoms with van der Waals surface area (Å²) in [6.07, 6.45) is 3.80. The van der Waals surface area contributed by atoms with E-state index in [0.717, 1.165) is 23.7 Å². The lowest BCUT2D eigenvalue weighted by Crippen LogP contribution is -2.49. The maximum absolute atomic E-state index is 12.8. The van der Waals surface area contributed by atoms with Crippen LogP contribution in [-0.2, 0) is 0 Å². The Labute approximate surface area is 119 Å². The van der Waals surface area contributed by atoms with E-state index >= 15 is 0 Å². The average Bonchev–Trinajstić information content (AvgIpc) is 2.42. The van der Waals surface area contributed by atoms with Crippen LogP contribution in [0.4, 0.5) is 4.39 Å². The van der Waals surface area contributed by atoms with Gasteiger partial charge in [-0.2, -0.15) is 0 Å². The standard InChI is InChI=1S/C15H23FN2S/c1-12-3-2-4-14(11-17)18(12)9-10-19-15-7-5-13(16)6-8-15/h5-8,12,14H,2-4,9-11,17H2,1H3. The highest BCUT2D eigenvalue weighted by Crippen LogP contribution is 2.24. The molecule has 0 amide bonds. The van der Waals surface area contributed by atoms with Gasteiger partial charge in [0.15, 0.2) is 0 Å². The molecule has 2 atom stereocenters. The summed E-state index contributed by atoms with van der Waals surface area (Å²) in [5.74, 6) is 0.865. The summed E-state index contributed by atoms with van der Waals surface area (Å²) in [5, 5.41) is 0. The fourth-order valence-electron chi connectivity index (χ4n) is 2.80. The summed E-state index contributed by atoms with van der Waals surface area (Å²) in [7, 11) is 0. The number of rotatable bonds is 5. The van der Waals surface area contributed by atoms with E-state index in [0.29, 0.717) is 12.1 Å². The second-order valence-corrected chi connectivity index (χ2v) is 6.38. The highest BCUT2D eigenvalue weighted by molar-refractivity contribution is 7.99. The van der Waals surface area contributed by atoms with Crippen molar-refractivity contribution in [2.75, 3.05) is 18.8 Å². The number of likely N-dealkylation sites (tertiary alicyclic amines) is 1. The van der Waals surface area contributed by atoms with E-state index < -0.39 is 0 Å². The molecule has 1 aliphatic heterocycles. The molecule has 1 heterocycles. The van der Waals surface area contributed by atoms with Gasteiger partial charge in [-0.1, -0.05) is 6.42 Å². The van der Waals surface area contributed by atoms with Gasteiger partial charge in [0.25, 0.3) is 0 Å². The quantitative estimate of drug-likeness (QED) is 0.841. The molecule has 0 saturated carbocycles. The molecule has 0 bridgehead atoms. The smallest absolute Gasteiger partial charge is 0.123 e. The molecule has 1 aromatic carbocycles. The maximum Gasteiger partial charge on any atom is 0.123 e. The van der Waals surface area contributed by atoms with Crippen LogP contribution in [0, 0.1) is 5.82 Å². The fraction of sp³-hybridized carbons (Fsp3) is 0.600. The Balaban J connectivity index is 1.81. The Morgan fingerprint density at radius 2 is 2.05 bits per heavy atom. The van der Waals surface area contributed by atoms with Crippen LogP contribution in [0.5, 0.6) is 0 Å². The molecular formula is C15H23FN2S. The minimum absolute atomic E-state index is 0.169. The van der Waals surface area contributed by atoms with Gasteiger partial charge in [-0.25, -0.2) is 4.39 Å². The van der Waals surface area contributed by atoms with E-state index in [4.69, 9.17) is 5.73 Å². The SMILES string of the molecule is CC1CCCC(CN)N1CCSc1ccc(F)cc1. The molecule has 1 fully saturated rings. The Kier molecular flexibility index (Phi) is 5.67. The lowest BCUT2D eigenvalue weighted by molar-refractivity contribution is 0.106. The summed E-state index contributed by atoms with van der Waals surface area (Å²) in [6, 6.07) is 7.91. The third kappa shape index (κ3) is 4.20. The van der Waals surface area contributed by atoms with Crippen molar-refractivity contribution >= 4 is 11.8 Å². The first-order chi connectivity index (χ1) is 9.20. The first-order valence-corrected chi connectivity index (χ1v) is 8.03. The van der Waals surface area contributed by atoms with Gasteiger partial charge in [0.1, 0.15) is 5.82 Å². The van der Waals surface area contributed by atoms with Crippen molar-refractivity contribution in [3.63, 3.8) is 0 Å². The fourth-order valence-corrected chi connectivity index (χ4v) is 3.66. The van der Waals surface area contributed by atoms with Gasteiger partial charge in [-0.15, -0.1) is 11.8 Å². The normalized spacial score (nSPS) is 24.6. The number of piperidine rings is 1. The molecule has 2 N–H and O–H groups in total. The Bertz CT molecular complexity index is 382. The van der Waals surface area contributed by atoms with Gasteiger partial charge in [0.2, 0.25) is 0 Å². The minimum atomic E-state index is -0.169. The number of hydrogen-bond acceptors (Lipinski definition) is 3. The van der Waals surface area contributed by atoms with Crippen molar-refractivity contribution in [2.45, 2.75) is 43.2 Å².